The van der Waals surface area contributed by atoms with Gasteiger partial charge in [-0.25, -0.2) is 0 Å². The average molecular weight is 358 g/mol. The molecule has 116 valence electrons. The molecule has 21 heavy (non-hydrogen) atoms. The first kappa shape index (κ1) is 17.5. The molecule has 1 aromatic rings. The molecule has 0 radical (unpaired) electrons. The normalized spacial score (nSPS) is 11.0. The molecule has 0 saturated heterocycles. The van der Waals surface area contributed by atoms with E-state index >= 15 is 0 Å². The van der Waals surface area contributed by atoms with Gasteiger partial charge in [0.1, 0.15) is 5.75 Å². The summed E-state index contributed by atoms with van der Waals surface area (Å²) in [6, 6.07) is 7.39. The van der Waals surface area contributed by atoms with Crippen LogP contribution in [0.3, 0.4) is 0 Å². The van der Waals surface area contributed by atoms with E-state index in [1.54, 1.807) is 13.8 Å². The number of aliphatic carboxylic acids is 1. The summed E-state index contributed by atoms with van der Waals surface area (Å²) in [5.74, 6) is -0.315. The zero-order chi connectivity index (χ0) is 15.9. The van der Waals surface area contributed by atoms with Crippen molar-refractivity contribution >= 4 is 27.8 Å². The van der Waals surface area contributed by atoms with Crippen LogP contribution < -0.4 is 10.1 Å². The number of carbonyl (C=O) groups is 2. The van der Waals surface area contributed by atoms with Crippen molar-refractivity contribution in [1.82, 2.24) is 5.32 Å². The minimum atomic E-state index is -0.866. The molecule has 0 spiro atoms. The highest BCUT2D eigenvalue weighted by molar-refractivity contribution is 9.10. The second kappa shape index (κ2) is 8.02. The smallest absolute Gasteiger partial charge is 0.309 e. The average Bonchev–Trinajstić information content (AvgIpc) is 2.38. The Kier molecular flexibility index (Phi) is 6.68. The molecule has 1 rings (SSSR count). The molecule has 0 aliphatic carbocycles. The molecule has 0 aliphatic heterocycles. The highest BCUT2D eigenvalue weighted by Crippen LogP contribution is 2.19. The molecule has 0 heterocycles. The van der Waals surface area contributed by atoms with Crippen molar-refractivity contribution in [3.63, 3.8) is 0 Å². The molecule has 2 N–H and O–H groups in total. The maximum absolute atomic E-state index is 11.6. The topological polar surface area (TPSA) is 75.6 Å². The van der Waals surface area contributed by atoms with Gasteiger partial charge in [0, 0.05) is 11.0 Å². The minimum absolute atomic E-state index is 0.147. The van der Waals surface area contributed by atoms with Crippen LogP contribution in [-0.4, -0.2) is 30.1 Å². The zero-order valence-corrected chi connectivity index (χ0v) is 13.8. The molecule has 0 aromatic heterocycles. The Morgan fingerprint density at radius 3 is 2.71 bits per heavy atom. The number of carboxylic acid groups (broad SMARTS) is 1. The van der Waals surface area contributed by atoms with Crippen molar-refractivity contribution in [2.24, 2.45) is 5.41 Å². The van der Waals surface area contributed by atoms with Crippen LogP contribution in [0.4, 0.5) is 0 Å². The molecule has 1 amide bonds. The highest BCUT2D eigenvalue weighted by atomic mass is 79.9. The summed E-state index contributed by atoms with van der Waals surface area (Å²) in [6.45, 7) is 3.90. The molecule has 0 saturated carbocycles. The lowest BCUT2D eigenvalue weighted by Crippen LogP contribution is -2.32. The van der Waals surface area contributed by atoms with Crippen LogP contribution in [0, 0.1) is 5.41 Å². The lowest BCUT2D eigenvalue weighted by Gasteiger charge is -2.18. The van der Waals surface area contributed by atoms with E-state index in [1.165, 1.54) is 0 Å². The fraction of sp³-hybridized carbons (Fsp3) is 0.467. The van der Waals surface area contributed by atoms with Crippen LogP contribution >= 0.6 is 15.9 Å². The second-order valence-corrected chi connectivity index (χ2v) is 6.26. The fourth-order valence-corrected chi connectivity index (χ4v) is 1.91. The Labute approximate surface area is 132 Å². The van der Waals surface area contributed by atoms with Gasteiger partial charge in [-0.2, -0.15) is 0 Å². The van der Waals surface area contributed by atoms with Crippen LogP contribution in [0.1, 0.15) is 26.7 Å². The Morgan fingerprint density at radius 1 is 1.38 bits per heavy atom. The van der Waals surface area contributed by atoms with Gasteiger partial charge in [-0.05, 0) is 38.5 Å². The van der Waals surface area contributed by atoms with E-state index in [9.17, 15) is 9.59 Å². The van der Waals surface area contributed by atoms with Gasteiger partial charge in [0.15, 0.2) is 0 Å². The number of nitrogens with one attached hydrogen (secondary N) is 1. The molecule has 6 heteroatoms. The van der Waals surface area contributed by atoms with E-state index in [2.05, 4.69) is 21.2 Å². The van der Waals surface area contributed by atoms with E-state index in [4.69, 9.17) is 9.84 Å². The molecule has 5 nitrogen and oxygen atoms in total. The summed E-state index contributed by atoms with van der Waals surface area (Å²) >= 11 is 3.34. The van der Waals surface area contributed by atoms with Gasteiger partial charge in [-0.3, -0.25) is 9.59 Å². The fourth-order valence-electron chi connectivity index (χ4n) is 1.53. The summed E-state index contributed by atoms with van der Waals surface area (Å²) in [7, 11) is 0. The molecular formula is C15H20BrNO4. The summed E-state index contributed by atoms with van der Waals surface area (Å²) in [5.41, 5.74) is -0.833. The van der Waals surface area contributed by atoms with Gasteiger partial charge in [0.05, 0.1) is 18.4 Å². The minimum Gasteiger partial charge on any atom is -0.493 e. The Hall–Kier alpha value is -1.56. The number of benzene rings is 1. The van der Waals surface area contributed by atoms with Gasteiger partial charge in [-0.1, -0.05) is 22.0 Å². The molecule has 0 bridgehead atoms. The van der Waals surface area contributed by atoms with Crippen molar-refractivity contribution in [2.75, 3.05) is 13.2 Å². The molecule has 0 unspecified atom stereocenters. The lowest BCUT2D eigenvalue weighted by atomic mass is 9.90. The quantitative estimate of drug-likeness (QED) is 0.749. The second-order valence-electron chi connectivity index (χ2n) is 5.34. The van der Waals surface area contributed by atoms with E-state index in [0.29, 0.717) is 18.7 Å². The Balaban J connectivity index is 2.21. The maximum atomic E-state index is 11.6. The van der Waals surface area contributed by atoms with Crippen LogP contribution in [0.15, 0.2) is 28.7 Å². The molecular weight excluding hydrogens is 338 g/mol. The summed E-state index contributed by atoms with van der Waals surface area (Å²) in [6.07, 6.45) is 0.626. The third kappa shape index (κ3) is 6.62. The van der Waals surface area contributed by atoms with Gasteiger partial charge in [-0.15, -0.1) is 0 Å². The number of halogens is 1. The number of amides is 1. The third-order valence-corrected chi connectivity index (χ3v) is 3.54. The predicted molar refractivity (Wildman–Crippen MR) is 83.3 cm³/mol. The summed E-state index contributed by atoms with van der Waals surface area (Å²) < 4.78 is 6.37. The van der Waals surface area contributed by atoms with E-state index in [1.807, 2.05) is 24.3 Å². The van der Waals surface area contributed by atoms with Crippen LogP contribution in [0.25, 0.3) is 0 Å². The largest absolute Gasteiger partial charge is 0.493 e. The number of rotatable bonds is 8. The van der Waals surface area contributed by atoms with Crippen molar-refractivity contribution < 1.29 is 19.4 Å². The van der Waals surface area contributed by atoms with E-state index < -0.39 is 11.4 Å². The van der Waals surface area contributed by atoms with Crippen LogP contribution in [0.2, 0.25) is 0 Å². The zero-order valence-electron chi connectivity index (χ0n) is 12.2. The van der Waals surface area contributed by atoms with Gasteiger partial charge in [0.25, 0.3) is 0 Å². The van der Waals surface area contributed by atoms with Gasteiger partial charge >= 0.3 is 5.97 Å². The number of hydrogen-bond acceptors (Lipinski definition) is 3. The maximum Gasteiger partial charge on any atom is 0.309 e. The summed E-state index contributed by atoms with van der Waals surface area (Å²) in [5, 5.41) is 11.7. The molecule has 0 aliphatic rings. The standard InChI is InChI=1S/C15H20BrNO4/c1-15(2,14(19)20)7-8-17-13(18)6-9-21-12-5-3-4-11(16)10-12/h3-5,10H,6-9H2,1-2H3,(H,17,18)(H,19,20). The van der Waals surface area contributed by atoms with Crippen molar-refractivity contribution in [1.29, 1.82) is 0 Å². The number of ether oxygens (including phenoxy) is 1. The first-order valence-electron chi connectivity index (χ1n) is 6.70. The van der Waals surface area contributed by atoms with Crippen LogP contribution in [-0.2, 0) is 9.59 Å². The third-order valence-electron chi connectivity index (χ3n) is 3.05. The Morgan fingerprint density at radius 2 is 2.10 bits per heavy atom. The van der Waals surface area contributed by atoms with Crippen molar-refractivity contribution in [2.45, 2.75) is 26.7 Å². The molecule has 1 aromatic carbocycles. The number of carboxylic acids is 1. The Bertz CT molecular complexity index is 502. The predicted octanol–water partition coefficient (Wildman–Crippen LogP) is 2.84. The molecule has 0 fully saturated rings. The first-order chi connectivity index (χ1) is 9.81. The van der Waals surface area contributed by atoms with E-state index in [0.717, 1.165) is 4.47 Å². The highest BCUT2D eigenvalue weighted by Gasteiger charge is 2.26. The number of hydrogen-bond donors (Lipinski definition) is 2. The molecule has 0 atom stereocenters. The van der Waals surface area contributed by atoms with E-state index in [-0.39, 0.29) is 18.9 Å². The summed E-state index contributed by atoms with van der Waals surface area (Å²) in [4.78, 5) is 22.5. The number of carbonyl (C=O) groups excluding carboxylic acids is 1. The monoisotopic (exact) mass is 357 g/mol. The van der Waals surface area contributed by atoms with Crippen LogP contribution in [0.5, 0.6) is 5.75 Å². The first-order valence-corrected chi connectivity index (χ1v) is 7.49. The lowest BCUT2D eigenvalue weighted by molar-refractivity contribution is -0.147. The van der Waals surface area contributed by atoms with Gasteiger partial charge in [0.2, 0.25) is 5.91 Å². The van der Waals surface area contributed by atoms with Gasteiger partial charge < -0.3 is 15.2 Å². The van der Waals surface area contributed by atoms with Crippen molar-refractivity contribution in [3.8, 4) is 5.75 Å². The SMILES string of the molecule is CC(C)(CCNC(=O)CCOc1cccc(Br)c1)C(=O)O. The van der Waals surface area contributed by atoms with Crippen molar-refractivity contribution in [3.05, 3.63) is 28.7 Å².